The normalized spacial score (nSPS) is 9.82. The first-order valence-corrected chi connectivity index (χ1v) is 5.54. The average molecular weight is 234 g/mol. The van der Waals surface area contributed by atoms with E-state index < -0.39 is 0 Å². The van der Waals surface area contributed by atoms with E-state index >= 15 is 0 Å². The zero-order valence-corrected chi connectivity index (χ0v) is 10.6. The van der Waals surface area contributed by atoms with E-state index in [1.807, 2.05) is 19.9 Å². The van der Waals surface area contributed by atoms with Gasteiger partial charge in [0.2, 0.25) is 0 Å². The van der Waals surface area contributed by atoms with Crippen LogP contribution in [-0.4, -0.2) is 19.0 Å². The van der Waals surface area contributed by atoms with Crippen molar-refractivity contribution >= 4 is 5.78 Å². The minimum atomic E-state index is 0.0761. The van der Waals surface area contributed by atoms with Gasteiger partial charge >= 0.3 is 0 Å². The number of hydrogen-bond donors (Lipinski definition) is 0. The van der Waals surface area contributed by atoms with E-state index in [1.165, 1.54) is 6.26 Å². The van der Waals surface area contributed by atoms with Gasteiger partial charge in [-0.25, -0.2) is 0 Å². The minimum Gasteiger partial charge on any atom is -0.498 e. The van der Waals surface area contributed by atoms with Crippen molar-refractivity contribution in [2.45, 2.75) is 20.8 Å². The van der Waals surface area contributed by atoms with Crippen molar-refractivity contribution in [1.29, 1.82) is 0 Å². The molecule has 0 fully saturated rings. The van der Waals surface area contributed by atoms with E-state index in [-0.39, 0.29) is 5.78 Å². The summed E-state index contributed by atoms with van der Waals surface area (Å²) in [6.45, 7) is 9.83. The number of benzene rings is 1. The highest BCUT2D eigenvalue weighted by molar-refractivity contribution is 5.96. The molecule has 3 nitrogen and oxygen atoms in total. The zero-order chi connectivity index (χ0) is 12.8. The first-order valence-electron chi connectivity index (χ1n) is 5.54. The maximum absolute atomic E-state index is 11.4. The van der Waals surface area contributed by atoms with Crippen molar-refractivity contribution in [2.75, 3.05) is 13.2 Å². The third-order valence-electron chi connectivity index (χ3n) is 2.69. The lowest BCUT2D eigenvalue weighted by Gasteiger charge is -2.13. The van der Waals surface area contributed by atoms with Crippen LogP contribution in [0.3, 0.4) is 0 Å². The first kappa shape index (κ1) is 13.3. The van der Waals surface area contributed by atoms with E-state index in [0.717, 1.165) is 22.4 Å². The van der Waals surface area contributed by atoms with Gasteiger partial charge in [-0.3, -0.25) is 4.79 Å². The van der Waals surface area contributed by atoms with Gasteiger partial charge in [0.05, 0.1) is 6.26 Å². The molecule has 1 aromatic rings. The molecule has 1 aromatic carbocycles. The fourth-order valence-electron chi connectivity index (χ4n) is 1.62. The smallest absolute Gasteiger partial charge is 0.160 e. The van der Waals surface area contributed by atoms with E-state index in [0.29, 0.717) is 13.2 Å². The molecule has 0 saturated carbocycles. The van der Waals surface area contributed by atoms with Crippen LogP contribution in [0.15, 0.2) is 25.0 Å². The first-order chi connectivity index (χ1) is 8.07. The topological polar surface area (TPSA) is 35.5 Å². The largest absolute Gasteiger partial charge is 0.498 e. The summed E-state index contributed by atoms with van der Waals surface area (Å²) in [5.41, 5.74) is 2.72. The van der Waals surface area contributed by atoms with Crippen LogP contribution in [0.2, 0.25) is 0 Å². The predicted molar refractivity (Wildman–Crippen MR) is 67.6 cm³/mol. The van der Waals surface area contributed by atoms with E-state index in [9.17, 15) is 4.79 Å². The van der Waals surface area contributed by atoms with Gasteiger partial charge in [0.25, 0.3) is 0 Å². The molecule has 17 heavy (non-hydrogen) atoms. The van der Waals surface area contributed by atoms with Crippen LogP contribution in [0.1, 0.15) is 28.4 Å². The standard InChI is InChI=1S/C14H18O3/c1-5-16-8-9-17-14-7-6-13(12(4)15)10(2)11(14)3/h5-7H,1,8-9H2,2-4H3. The van der Waals surface area contributed by atoms with Gasteiger partial charge in [0.15, 0.2) is 5.78 Å². The molecule has 0 amide bonds. The fourth-order valence-corrected chi connectivity index (χ4v) is 1.62. The van der Waals surface area contributed by atoms with E-state index in [2.05, 4.69) is 6.58 Å². The fraction of sp³-hybridized carbons (Fsp3) is 0.357. The molecule has 3 heteroatoms. The molecule has 0 aliphatic rings. The number of carbonyl (C=O) groups excluding carboxylic acids is 1. The summed E-state index contributed by atoms with van der Waals surface area (Å²) in [6.07, 6.45) is 1.39. The molecular formula is C14H18O3. The van der Waals surface area contributed by atoms with Gasteiger partial charge in [0.1, 0.15) is 19.0 Å². The second kappa shape index (κ2) is 6.09. The summed E-state index contributed by atoms with van der Waals surface area (Å²) in [5.74, 6) is 0.868. The van der Waals surface area contributed by atoms with Crippen LogP contribution in [0, 0.1) is 13.8 Å². The number of hydrogen-bond acceptors (Lipinski definition) is 3. The summed E-state index contributed by atoms with van der Waals surface area (Å²) in [5, 5.41) is 0. The summed E-state index contributed by atoms with van der Waals surface area (Å²) in [7, 11) is 0. The molecule has 1 rings (SSSR count). The lowest BCUT2D eigenvalue weighted by Crippen LogP contribution is -2.06. The lowest BCUT2D eigenvalue weighted by atomic mass is 10.00. The quantitative estimate of drug-likeness (QED) is 0.431. The van der Waals surface area contributed by atoms with Gasteiger partial charge in [-0.15, -0.1) is 0 Å². The molecule has 0 aromatic heterocycles. The molecule has 0 heterocycles. The number of rotatable bonds is 6. The van der Waals surface area contributed by atoms with E-state index in [4.69, 9.17) is 9.47 Å². The number of ketones is 1. The second-order valence-electron chi connectivity index (χ2n) is 3.80. The summed E-state index contributed by atoms with van der Waals surface area (Å²) in [4.78, 5) is 11.4. The van der Waals surface area contributed by atoms with Crippen molar-refractivity contribution in [3.8, 4) is 5.75 Å². The molecule has 0 aliphatic heterocycles. The van der Waals surface area contributed by atoms with Crippen LogP contribution >= 0.6 is 0 Å². The maximum Gasteiger partial charge on any atom is 0.160 e. The van der Waals surface area contributed by atoms with Crippen molar-refractivity contribution in [3.05, 3.63) is 41.7 Å². The Morgan fingerprint density at radius 3 is 2.59 bits per heavy atom. The summed E-state index contributed by atoms with van der Waals surface area (Å²) in [6, 6.07) is 3.63. The number of ether oxygens (including phenoxy) is 2. The summed E-state index contributed by atoms with van der Waals surface area (Å²) < 4.78 is 10.5. The van der Waals surface area contributed by atoms with Gasteiger partial charge < -0.3 is 9.47 Å². The Labute approximate surface area is 102 Å². The zero-order valence-electron chi connectivity index (χ0n) is 10.6. The van der Waals surface area contributed by atoms with Crippen LogP contribution in [0.5, 0.6) is 5.75 Å². The monoisotopic (exact) mass is 234 g/mol. The Morgan fingerprint density at radius 2 is 2.00 bits per heavy atom. The van der Waals surface area contributed by atoms with Crippen LogP contribution < -0.4 is 4.74 Å². The molecule has 0 unspecified atom stereocenters. The molecule has 0 bridgehead atoms. The van der Waals surface area contributed by atoms with Crippen molar-refractivity contribution in [1.82, 2.24) is 0 Å². The highest BCUT2D eigenvalue weighted by Crippen LogP contribution is 2.24. The molecule has 92 valence electrons. The molecule has 0 radical (unpaired) electrons. The van der Waals surface area contributed by atoms with Crippen molar-refractivity contribution in [3.63, 3.8) is 0 Å². The minimum absolute atomic E-state index is 0.0761. The lowest BCUT2D eigenvalue weighted by molar-refractivity contribution is 0.101. The summed E-state index contributed by atoms with van der Waals surface area (Å²) >= 11 is 0. The molecular weight excluding hydrogens is 216 g/mol. The van der Waals surface area contributed by atoms with E-state index in [1.54, 1.807) is 13.0 Å². The number of Topliss-reactive ketones (excluding diaryl/α,β-unsaturated/α-hetero) is 1. The van der Waals surface area contributed by atoms with Crippen LogP contribution in [-0.2, 0) is 4.74 Å². The number of carbonyl (C=O) groups is 1. The van der Waals surface area contributed by atoms with Crippen molar-refractivity contribution < 1.29 is 14.3 Å². The second-order valence-corrected chi connectivity index (χ2v) is 3.80. The molecule has 0 spiro atoms. The third kappa shape index (κ3) is 3.34. The Hall–Kier alpha value is -1.77. The Balaban J connectivity index is 2.78. The maximum atomic E-state index is 11.4. The third-order valence-corrected chi connectivity index (χ3v) is 2.69. The molecule has 0 atom stereocenters. The molecule has 0 saturated heterocycles. The van der Waals surface area contributed by atoms with Crippen molar-refractivity contribution in [2.24, 2.45) is 0 Å². The molecule has 0 N–H and O–H groups in total. The highest BCUT2D eigenvalue weighted by atomic mass is 16.5. The molecule has 0 aliphatic carbocycles. The van der Waals surface area contributed by atoms with Gasteiger partial charge in [-0.2, -0.15) is 0 Å². The average Bonchev–Trinajstić information content (AvgIpc) is 2.29. The van der Waals surface area contributed by atoms with Gasteiger partial charge in [-0.1, -0.05) is 6.58 Å². The SMILES string of the molecule is C=COCCOc1ccc(C(C)=O)c(C)c1C. The van der Waals surface area contributed by atoms with Gasteiger partial charge in [0, 0.05) is 5.56 Å². The van der Waals surface area contributed by atoms with Crippen LogP contribution in [0.4, 0.5) is 0 Å². The van der Waals surface area contributed by atoms with Crippen LogP contribution in [0.25, 0.3) is 0 Å². The van der Waals surface area contributed by atoms with Gasteiger partial charge in [-0.05, 0) is 44.0 Å². The predicted octanol–water partition coefficient (Wildman–Crippen LogP) is 3.04. The Kier molecular flexibility index (Phi) is 4.76. The Morgan fingerprint density at radius 1 is 1.29 bits per heavy atom. The highest BCUT2D eigenvalue weighted by Gasteiger charge is 2.10. The Bertz CT molecular complexity index is 422.